The highest BCUT2D eigenvalue weighted by atomic mass is 16.5. The summed E-state index contributed by atoms with van der Waals surface area (Å²) < 4.78 is 5.42. The van der Waals surface area contributed by atoms with Crippen LogP contribution in [0.5, 0.6) is 5.75 Å². The number of carbonyl (C=O) groups is 1. The van der Waals surface area contributed by atoms with Gasteiger partial charge < -0.3 is 14.7 Å². The molecule has 0 bridgehead atoms. The molecule has 150 valence electrons. The minimum atomic E-state index is -0.714. The number of benzene rings is 1. The van der Waals surface area contributed by atoms with Gasteiger partial charge >= 0.3 is 6.03 Å². The average molecular weight is 393 g/mol. The number of anilines is 1. The van der Waals surface area contributed by atoms with Crippen molar-refractivity contribution < 1.29 is 14.6 Å². The van der Waals surface area contributed by atoms with Crippen molar-refractivity contribution in [2.45, 2.75) is 25.4 Å². The number of nitrogens with zero attached hydrogens (tertiary/aromatic N) is 4. The van der Waals surface area contributed by atoms with Crippen LogP contribution in [0.4, 0.5) is 10.6 Å². The first kappa shape index (κ1) is 19.1. The fourth-order valence-electron chi connectivity index (χ4n) is 3.43. The van der Waals surface area contributed by atoms with Crippen LogP contribution >= 0.6 is 0 Å². The van der Waals surface area contributed by atoms with E-state index in [4.69, 9.17) is 4.74 Å². The fourth-order valence-corrected chi connectivity index (χ4v) is 3.43. The molecule has 8 heteroatoms. The molecular formula is C21H23N5O3. The molecule has 2 N–H and O–H groups in total. The first-order chi connectivity index (χ1) is 14.0. The number of aromatic nitrogens is 3. The number of fused-ring (bicyclic) bond motifs is 1. The summed E-state index contributed by atoms with van der Waals surface area (Å²) in [6.07, 6.45) is 6.09. The van der Waals surface area contributed by atoms with E-state index in [9.17, 15) is 9.90 Å². The molecule has 1 aliphatic rings. The molecule has 2 aromatic heterocycles. The number of nitrogens with one attached hydrogen (secondary N) is 1. The number of rotatable bonds is 3. The number of methoxy groups -OCH3 is 1. The Labute approximate surface area is 168 Å². The van der Waals surface area contributed by atoms with E-state index in [1.165, 1.54) is 6.20 Å². The average Bonchev–Trinajstić information content (AvgIpc) is 2.73. The van der Waals surface area contributed by atoms with E-state index in [-0.39, 0.29) is 6.03 Å². The summed E-state index contributed by atoms with van der Waals surface area (Å²) in [6, 6.07) is 7.30. The van der Waals surface area contributed by atoms with E-state index >= 15 is 0 Å². The Morgan fingerprint density at radius 3 is 2.69 bits per heavy atom. The number of likely N-dealkylation sites (tertiary alicyclic amines) is 1. The Bertz CT molecular complexity index is 1030. The van der Waals surface area contributed by atoms with Crippen LogP contribution in [0, 0.1) is 0 Å². The summed E-state index contributed by atoms with van der Waals surface area (Å²) in [5.41, 5.74) is 2.27. The molecule has 3 heterocycles. The highest BCUT2D eigenvalue weighted by Gasteiger charge is 2.29. The molecule has 4 rings (SSSR count). The number of ether oxygens (including phenoxy) is 1. The van der Waals surface area contributed by atoms with E-state index in [0.717, 1.165) is 11.1 Å². The van der Waals surface area contributed by atoms with Gasteiger partial charge in [0.05, 0.1) is 18.9 Å². The molecule has 0 radical (unpaired) electrons. The smallest absolute Gasteiger partial charge is 0.323 e. The normalized spacial score (nSPS) is 15.9. The maximum absolute atomic E-state index is 12.6. The third kappa shape index (κ3) is 3.97. The summed E-state index contributed by atoms with van der Waals surface area (Å²) in [5.74, 6) is 0.967. The SMILES string of the molecule is COc1ccc(-c2cccnc2)c2nc(NC(=O)N3CCC(C)(O)CC3)cnc12. The van der Waals surface area contributed by atoms with Gasteiger partial charge in [-0.05, 0) is 38.0 Å². The first-order valence-electron chi connectivity index (χ1n) is 9.49. The van der Waals surface area contributed by atoms with E-state index in [1.807, 2.05) is 24.3 Å². The maximum atomic E-state index is 12.6. The zero-order chi connectivity index (χ0) is 20.4. The zero-order valence-corrected chi connectivity index (χ0v) is 16.4. The third-order valence-corrected chi connectivity index (χ3v) is 5.22. The number of piperidine rings is 1. The van der Waals surface area contributed by atoms with Crippen molar-refractivity contribution in [3.05, 3.63) is 42.9 Å². The van der Waals surface area contributed by atoms with Crippen molar-refractivity contribution in [2.75, 3.05) is 25.5 Å². The number of hydrogen-bond donors (Lipinski definition) is 2. The minimum Gasteiger partial charge on any atom is -0.494 e. The van der Waals surface area contributed by atoms with E-state index in [0.29, 0.717) is 48.5 Å². The van der Waals surface area contributed by atoms with Gasteiger partial charge in [0.15, 0.2) is 5.82 Å². The van der Waals surface area contributed by atoms with Crippen LogP contribution in [0.1, 0.15) is 19.8 Å². The summed E-state index contributed by atoms with van der Waals surface area (Å²) in [5, 5.41) is 12.9. The molecule has 0 spiro atoms. The lowest BCUT2D eigenvalue weighted by molar-refractivity contribution is 0.00569. The molecule has 1 aliphatic heterocycles. The number of pyridine rings is 1. The Morgan fingerprint density at radius 2 is 2.00 bits per heavy atom. The minimum absolute atomic E-state index is 0.250. The van der Waals surface area contributed by atoms with E-state index in [2.05, 4.69) is 20.3 Å². The molecule has 0 atom stereocenters. The summed E-state index contributed by atoms with van der Waals surface area (Å²) in [7, 11) is 1.58. The Balaban J connectivity index is 1.65. The number of carbonyl (C=O) groups excluding carboxylic acids is 1. The highest BCUT2D eigenvalue weighted by molar-refractivity contribution is 5.96. The van der Waals surface area contributed by atoms with Gasteiger partial charge in [-0.3, -0.25) is 10.3 Å². The third-order valence-electron chi connectivity index (χ3n) is 5.22. The molecule has 2 amide bonds. The van der Waals surface area contributed by atoms with Gasteiger partial charge in [0, 0.05) is 36.6 Å². The highest BCUT2D eigenvalue weighted by Crippen LogP contribution is 2.32. The topological polar surface area (TPSA) is 100 Å². The lowest BCUT2D eigenvalue weighted by Crippen LogP contribution is -2.46. The number of amides is 2. The fraction of sp³-hybridized carbons (Fsp3) is 0.333. The lowest BCUT2D eigenvalue weighted by atomic mass is 9.94. The largest absolute Gasteiger partial charge is 0.494 e. The standard InChI is InChI=1S/C21H23N5O3/c1-21(28)7-10-26(11-8-21)20(27)25-17-13-23-19-16(29-2)6-5-15(18(19)24-17)14-4-3-9-22-12-14/h3-6,9,12-13,28H,7-8,10-11H2,1-2H3,(H,24,25,27). The Kier molecular flexibility index (Phi) is 5.02. The van der Waals surface area contributed by atoms with E-state index in [1.54, 1.807) is 31.3 Å². The second kappa shape index (κ2) is 7.63. The zero-order valence-electron chi connectivity index (χ0n) is 16.4. The van der Waals surface area contributed by atoms with Crippen LogP contribution in [-0.2, 0) is 0 Å². The van der Waals surface area contributed by atoms with Gasteiger partial charge in [0.25, 0.3) is 0 Å². The van der Waals surface area contributed by atoms with Crippen LogP contribution < -0.4 is 10.1 Å². The van der Waals surface area contributed by atoms with Crippen molar-refractivity contribution in [3.63, 3.8) is 0 Å². The molecule has 0 saturated carbocycles. The first-order valence-corrected chi connectivity index (χ1v) is 9.49. The van der Waals surface area contributed by atoms with Crippen molar-refractivity contribution in [1.29, 1.82) is 0 Å². The molecule has 1 saturated heterocycles. The molecule has 0 unspecified atom stereocenters. The molecule has 0 aliphatic carbocycles. The van der Waals surface area contributed by atoms with Crippen molar-refractivity contribution in [1.82, 2.24) is 19.9 Å². The van der Waals surface area contributed by atoms with Gasteiger partial charge in [-0.1, -0.05) is 6.07 Å². The van der Waals surface area contributed by atoms with Crippen LogP contribution in [0.3, 0.4) is 0 Å². The number of urea groups is 1. The van der Waals surface area contributed by atoms with Gasteiger partial charge in [-0.25, -0.2) is 14.8 Å². The molecule has 1 fully saturated rings. The van der Waals surface area contributed by atoms with Crippen LogP contribution in [0.15, 0.2) is 42.9 Å². The molecule has 1 aromatic carbocycles. The summed E-state index contributed by atoms with van der Waals surface area (Å²) in [4.78, 5) is 27.6. The molecule has 3 aromatic rings. The van der Waals surface area contributed by atoms with Crippen LogP contribution in [0.2, 0.25) is 0 Å². The van der Waals surface area contributed by atoms with Gasteiger partial charge in [-0.15, -0.1) is 0 Å². The molecular weight excluding hydrogens is 370 g/mol. The molecule has 29 heavy (non-hydrogen) atoms. The number of hydrogen-bond acceptors (Lipinski definition) is 6. The summed E-state index contributed by atoms with van der Waals surface area (Å²) >= 11 is 0. The van der Waals surface area contributed by atoms with E-state index < -0.39 is 5.60 Å². The van der Waals surface area contributed by atoms with Crippen molar-refractivity contribution >= 4 is 22.9 Å². The monoisotopic (exact) mass is 393 g/mol. The van der Waals surface area contributed by atoms with Gasteiger partial charge in [-0.2, -0.15) is 0 Å². The maximum Gasteiger partial charge on any atom is 0.323 e. The predicted octanol–water partition coefficient (Wildman–Crippen LogP) is 3.08. The van der Waals surface area contributed by atoms with Crippen LogP contribution in [-0.4, -0.2) is 56.8 Å². The molecule has 8 nitrogen and oxygen atoms in total. The Hall–Kier alpha value is -3.26. The number of aliphatic hydroxyl groups is 1. The predicted molar refractivity (Wildman–Crippen MR) is 110 cm³/mol. The van der Waals surface area contributed by atoms with Crippen molar-refractivity contribution in [2.24, 2.45) is 0 Å². The van der Waals surface area contributed by atoms with Gasteiger partial charge in [0.2, 0.25) is 0 Å². The summed E-state index contributed by atoms with van der Waals surface area (Å²) in [6.45, 7) is 2.79. The second-order valence-corrected chi connectivity index (χ2v) is 7.42. The lowest BCUT2D eigenvalue weighted by Gasteiger charge is -2.35. The quantitative estimate of drug-likeness (QED) is 0.709. The van der Waals surface area contributed by atoms with Crippen molar-refractivity contribution in [3.8, 4) is 16.9 Å². The second-order valence-electron chi connectivity index (χ2n) is 7.42. The van der Waals surface area contributed by atoms with Crippen LogP contribution in [0.25, 0.3) is 22.2 Å². The Morgan fingerprint density at radius 1 is 1.21 bits per heavy atom. The van der Waals surface area contributed by atoms with Gasteiger partial charge in [0.1, 0.15) is 16.8 Å².